The van der Waals surface area contributed by atoms with Gasteiger partial charge in [-0.2, -0.15) is 23.5 Å². The van der Waals surface area contributed by atoms with Crippen LogP contribution in [0, 0.1) is 11.3 Å². The maximum atomic E-state index is 13.1. The number of nitrogens with zero attached hydrogens (tertiary/aromatic N) is 3. The number of benzene rings is 3. The van der Waals surface area contributed by atoms with E-state index in [0.717, 1.165) is 32.8 Å². The molecule has 0 spiro atoms. The summed E-state index contributed by atoms with van der Waals surface area (Å²) in [7, 11) is -2.48. The second kappa shape index (κ2) is 13.9. The molecule has 0 aliphatic rings. The largest absolute Gasteiger partial charge is 0.490 e. The summed E-state index contributed by atoms with van der Waals surface area (Å²) in [4.78, 5) is 22.0. The number of rotatable bonds is 8. The number of carboxylic acids is 1. The van der Waals surface area contributed by atoms with Crippen molar-refractivity contribution in [3.63, 3.8) is 0 Å². The first-order valence-corrected chi connectivity index (χ1v) is 13.5. The first-order valence-electron chi connectivity index (χ1n) is 11.6. The number of hydrazone groups is 1. The zero-order valence-electron chi connectivity index (χ0n) is 21.8. The molecule has 0 aliphatic carbocycles. The molecule has 0 fully saturated rings. The lowest BCUT2D eigenvalue weighted by molar-refractivity contribution is -0.192. The molecule has 41 heavy (non-hydrogen) atoms. The third-order valence-corrected chi connectivity index (χ3v) is 6.72. The van der Waals surface area contributed by atoms with Crippen LogP contribution in [-0.4, -0.2) is 61.4 Å². The Hall–Kier alpha value is -4.90. The highest BCUT2D eigenvalue weighted by Gasteiger charge is 2.38. The third kappa shape index (κ3) is 9.66. The molecule has 4 N–H and O–H groups in total. The number of nitrogens with one attached hydrogen (secondary N) is 1. The summed E-state index contributed by atoms with van der Waals surface area (Å²) in [5.41, 5.74) is 4.44. The van der Waals surface area contributed by atoms with Crippen LogP contribution in [0.5, 0.6) is 0 Å². The highest BCUT2D eigenvalue weighted by molar-refractivity contribution is 7.88. The topological polar surface area (TPSA) is 166 Å². The number of sulfonamides is 1. The van der Waals surface area contributed by atoms with Crippen LogP contribution in [0.3, 0.4) is 0 Å². The Morgan fingerprint density at radius 2 is 1.73 bits per heavy atom. The van der Waals surface area contributed by atoms with Gasteiger partial charge in [-0.05, 0) is 40.5 Å². The standard InChI is InChI=1S/C25H25N5O3S.C2HF3O2/c1-30(34(2,32)33)25(31)24(15-18-6-5-7-19(14-18)17-28-27)29-22-12-10-20(11-13-22)23-9-4-3-8-21(23)16-26;3-2(4,5)1(6)7/h3-14,17,24,29H,15,27H2,1-2H3;(H,6,7)/t24-;/m0./s1. The molecule has 0 unspecified atom stereocenters. The number of carboxylic acid groups (broad SMARTS) is 1. The van der Waals surface area contributed by atoms with E-state index in [2.05, 4.69) is 16.5 Å². The van der Waals surface area contributed by atoms with Crippen LogP contribution in [0.1, 0.15) is 16.7 Å². The Labute approximate surface area is 234 Å². The summed E-state index contributed by atoms with van der Waals surface area (Å²) in [6.07, 6.45) is -2.36. The van der Waals surface area contributed by atoms with Crippen LogP contribution >= 0.6 is 0 Å². The van der Waals surface area contributed by atoms with E-state index in [9.17, 15) is 31.6 Å². The van der Waals surface area contributed by atoms with E-state index in [1.165, 1.54) is 13.3 Å². The predicted octanol–water partition coefficient (Wildman–Crippen LogP) is 3.59. The van der Waals surface area contributed by atoms with E-state index in [1.807, 2.05) is 48.5 Å². The summed E-state index contributed by atoms with van der Waals surface area (Å²) >= 11 is 0. The number of likely N-dealkylation sites (N-methyl/N-ethyl adjacent to an activating group) is 1. The van der Waals surface area contributed by atoms with Crippen LogP contribution in [0.25, 0.3) is 11.1 Å². The smallest absolute Gasteiger partial charge is 0.475 e. The lowest BCUT2D eigenvalue weighted by atomic mass is 9.99. The van der Waals surface area contributed by atoms with E-state index >= 15 is 0 Å². The van der Waals surface area contributed by atoms with Crippen molar-refractivity contribution < 1.29 is 36.3 Å². The van der Waals surface area contributed by atoms with Gasteiger partial charge in [0, 0.05) is 19.2 Å². The van der Waals surface area contributed by atoms with Crippen molar-refractivity contribution in [2.75, 3.05) is 18.6 Å². The minimum atomic E-state index is -5.08. The number of hydrogen-bond donors (Lipinski definition) is 3. The maximum absolute atomic E-state index is 13.1. The monoisotopic (exact) mass is 589 g/mol. The van der Waals surface area contributed by atoms with Gasteiger partial charge in [-0.15, -0.1) is 0 Å². The number of halogens is 3. The Bertz CT molecular complexity index is 1550. The van der Waals surface area contributed by atoms with Crippen molar-refractivity contribution >= 4 is 33.8 Å². The Morgan fingerprint density at radius 1 is 1.12 bits per heavy atom. The van der Waals surface area contributed by atoms with E-state index < -0.39 is 34.1 Å². The Morgan fingerprint density at radius 3 is 2.27 bits per heavy atom. The number of nitriles is 1. The van der Waals surface area contributed by atoms with Crippen LogP contribution in [0.4, 0.5) is 18.9 Å². The minimum absolute atomic E-state index is 0.240. The molecule has 0 radical (unpaired) electrons. The van der Waals surface area contributed by atoms with Crippen molar-refractivity contribution in [1.82, 2.24) is 4.31 Å². The number of aliphatic carboxylic acids is 1. The molecule has 0 bridgehead atoms. The summed E-state index contributed by atoms with van der Waals surface area (Å²) in [5.74, 6) is 1.89. The molecule has 0 aromatic heterocycles. The van der Waals surface area contributed by atoms with Gasteiger partial charge in [-0.25, -0.2) is 17.5 Å². The molecule has 0 saturated carbocycles. The highest BCUT2D eigenvalue weighted by Crippen LogP contribution is 2.25. The van der Waals surface area contributed by atoms with Crippen molar-refractivity contribution in [3.05, 3.63) is 89.5 Å². The van der Waals surface area contributed by atoms with Gasteiger partial charge in [0.25, 0.3) is 5.91 Å². The number of carbonyl (C=O) groups is 2. The average Bonchev–Trinajstić information content (AvgIpc) is 2.92. The Kier molecular flexibility index (Phi) is 11.0. The number of anilines is 1. The van der Waals surface area contributed by atoms with Gasteiger partial charge in [0.2, 0.25) is 10.0 Å². The second-order valence-corrected chi connectivity index (χ2v) is 10.5. The molecule has 0 saturated heterocycles. The van der Waals surface area contributed by atoms with E-state index in [-0.39, 0.29) is 6.42 Å². The summed E-state index contributed by atoms with van der Waals surface area (Å²) in [5, 5.41) is 23.2. The van der Waals surface area contributed by atoms with Crippen molar-refractivity contribution in [3.8, 4) is 17.2 Å². The van der Waals surface area contributed by atoms with E-state index in [1.54, 1.807) is 24.3 Å². The third-order valence-electron chi connectivity index (χ3n) is 5.55. The van der Waals surface area contributed by atoms with Gasteiger partial charge in [0.15, 0.2) is 0 Å². The van der Waals surface area contributed by atoms with Crippen LogP contribution in [0.15, 0.2) is 77.9 Å². The fourth-order valence-electron chi connectivity index (χ4n) is 3.48. The van der Waals surface area contributed by atoms with Gasteiger partial charge < -0.3 is 16.3 Å². The predicted molar refractivity (Wildman–Crippen MR) is 147 cm³/mol. The Balaban J connectivity index is 0.000000745. The van der Waals surface area contributed by atoms with Gasteiger partial charge in [0.1, 0.15) is 6.04 Å². The molecular formula is C27H26F3N5O5S. The summed E-state index contributed by atoms with van der Waals surface area (Å²) in [6, 6.07) is 23.2. The summed E-state index contributed by atoms with van der Waals surface area (Å²) in [6.45, 7) is 0. The molecule has 216 valence electrons. The molecular weight excluding hydrogens is 563 g/mol. The number of nitrogens with two attached hydrogens (primary N) is 1. The van der Waals surface area contributed by atoms with E-state index in [0.29, 0.717) is 11.3 Å². The minimum Gasteiger partial charge on any atom is -0.475 e. The molecule has 14 heteroatoms. The molecule has 3 aromatic rings. The van der Waals surface area contributed by atoms with Crippen LogP contribution in [0.2, 0.25) is 0 Å². The van der Waals surface area contributed by atoms with Crippen molar-refractivity contribution in [1.29, 1.82) is 5.26 Å². The molecule has 0 aliphatic heterocycles. The van der Waals surface area contributed by atoms with Crippen LogP contribution in [-0.2, 0) is 26.0 Å². The fourth-order valence-corrected chi connectivity index (χ4v) is 3.94. The molecule has 3 rings (SSSR count). The number of hydrogen-bond acceptors (Lipinski definition) is 8. The molecule has 3 aromatic carbocycles. The zero-order chi connectivity index (χ0) is 30.8. The molecule has 0 heterocycles. The number of amides is 1. The lowest BCUT2D eigenvalue weighted by Crippen LogP contribution is -2.44. The number of carbonyl (C=O) groups excluding carboxylic acids is 1. The van der Waals surface area contributed by atoms with Gasteiger partial charge >= 0.3 is 12.1 Å². The van der Waals surface area contributed by atoms with Gasteiger partial charge in [-0.1, -0.05) is 54.6 Å². The first kappa shape index (κ1) is 32.3. The highest BCUT2D eigenvalue weighted by atomic mass is 32.2. The zero-order valence-corrected chi connectivity index (χ0v) is 22.6. The normalized spacial score (nSPS) is 12.0. The van der Waals surface area contributed by atoms with Crippen LogP contribution < -0.4 is 11.2 Å². The quantitative estimate of drug-likeness (QED) is 0.204. The van der Waals surface area contributed by atoms with Crippen molar-refractivity contribution in [2.45, 2.75) is 18.6 Å². The second-order valence-electron chi connectivity index (χ2n) is 8.53. The van der Waals surface area contributed by atoms with E-state index in [4.69, 9.17) is 15.7 Å². The maximum Gasteiger partial charge on any atom is 0.490 e. The van der Waals surface area contributed by atoms with Gasteiger partial charge in [0.05, 0.1) is 24.1 Å². The molecule has 1 amide bonds. The SMILES string of the molecule is CN(C(=O)[C@H](Cc1cccc(C=NN)c1)Nc1ccc(-c2ccccc2C#N)cc1)S(C)(=O)=O.O=C(O)C(F)(F)F. The molecule has 10 nitrogen and oxygen atoms in total. The summed E-state index contributed by atoms with van der Waals surface area (Å²) < 4.78 is 56.5. The average molecular weight is 590 g/mol. The fraction of sp³-hybridized carbons (Fsp3) is 0.185. The van der Waals surface area contributed by atoms with Gasteiger partial charge in [-0.3, -0.25) is 4.79 Å². The molecule has 1 atom stereocenters. The lowest BCUT2D eigenvalue weighted by Gasteiger charge is -2.24. The first-order chi connectivity index (χ1) is 19.2. The number of alkyl halides is 3. The van der Waals surface area contributed by atoms with Crippen molar-refractivity contribution in [2.24, 2.45) is 10.9 Å².